The number of carbonyl (C=O) groups excluding carboxylic acids is 1. The Morgan fingerprint density at radius 3 is 2.68 bits per heavy atom. The molecule has 1 amide bonds. The number of carbonyl (C=O) groups is 2. The van der Waals surface area contributed by atoms with Crippen molar-refractivity contribution in [1.29, 1.82) is 0 Å². The van der Waals surface area contributed by atoms with E-state index in [0.717, 1.165) is 4.47 Å². The molecular weight excluding hydrogens is 378 g/mol. The molecule has 0 saturated carbocycles. The van der Waals surface area contributed by atoms with Gasteiger partial charge in [0.2, 0.25) is 0 Å². The summed E-state index contributed by atoms with van der Waals surface area (Å²) >= 11 is 9.25. The number of nitrogens with one attached hydrogen (secondary N) is 1. The average Bonchev–Trinajstić information content (AvgIpc) is 2.36. The lowest BCUT2D eigenvalue weighted by Crippen LogP contribution is -2.52. The molecule has 0 heterocycles. The highest BCUT2D eigenvalue weighted by Gasteiger charge is 2.29. The van der Waals surface area contributed by atoms with Crippen molar-refractivity contribution in [2.45, 2.75) is 18.9 Å². The van der Waals surface area contributed by atoms with Crippen molar-refractivity contribution in [2.24, 2.45) is 0 Å². The molecule has 0 aromatic heterocycles. The molecule has 0 radical (unpaired) electrons. The first-order chi connectivity index (χ1) is 10.3. The van der Waals surface area contributed by atoms with E-state index in [1.165, 1.54) is 7.11 Å². The van der Waals surface area contributed by atoms with Crippen LogP contribution in [0.5, 0.6) is 5.75 Å². The van der Waals surface area contributed by atoms with Gasteiger partial charge in [0.05, 0.1) is 23.6 Å². The largest absolute Gasteiger partial charge is 0.482 e. The summed E-state index contributed by atoms with van der Waals surface area (Å²) in [5.41, 5.74) is -1.01. The van der Waals surface area contributed by atoms with Gasteiger partial charge in [-0.3, -0.25) is 9.59 Å². The minimum atomic E-state index is -1.03. The van der Waals surface area contributed by atoms with Crippen molar-refractivity contribution in [3.8, 4) is 5.75 Å². The zero-order valence-corrected chi connectivity index (χ0v) is 14.5. The van der Waals surface area contributed by atoms with E-state index in [1.54, 1.807) is 25.1 Å². The van der Waals surface area contributed by atoms with Gasteiger partial charge in [-0.25, -0.2) is 0 Å². The minimum Gasteiger partial charge on any atom is -0.482 e. The van der Waals surface area contributed by atoms with Gasteiger partial charge in [-0.15, -0.1) is 0 Å². The number of hydrogen-bond acceptors (Lipinski definition) is 4. The number of carboxylic acids is 1. The number of carboxylic acid groups (broad SMARTS) is 1. The SMILES string of the molecule is COCC(C)(CC(=O)O)NC(=O)COc1ccc(Br)cc1Cl. The Kier molecular flexibility index (Phi) is 7.12. The van der Waals surface area contributed by atoms with Crippen molar-refractivity contribution < 1.29 is 24.2 Å². The molecule has 1 unspecified atom stereocenters. The fraction of sp³-hybridized carbons (Fsp3) is 0.429. The third kappa shape index (κ3) is 6.21. The van der Waals surface area contributed by atoms with E-state index in [9.17, 15) is 9.59 Å². The molecule has 0 aliphatic heterocycles. The fourth-order valence-electron chi connectivity index (χ4n) is 1.89. The number of ether oxygens (including phenoxy) is 2. The molecule has 0 fully saturated rings. The molecule has 6 nitrogen and oxygen atoms in total. The maximum Gasteiger partial charge on any atom is 0.305 e. The van der Waals surface area contributed by atoms with Crippen LogP contribution in [0, 0.1) is 0 Å². The molecule has 0 bridgehead atoms. The number of halogens is 2. The quantitative estimate of drug-likeness (QED) is 0.707. The third-order valence-corrected chi connectivity index (χ3v) is 3.49. The van der Waals surface area contributed by atoms with E-state index in [0.29, 0.717) is 10.8 Å². The maximum atomic E-state index is 11.9. The molecule has 0 spiro atoms. The van der Waals surface area contributed by atoms with Crippen LogP contribution in [0.2, 0.25) is 5.02 Å². The summed E-state index contributed by atoms with van der Waals surface area (Å²) < 4.78 is 11.1. The van der Waals surface area contributed by atoms with Gasteiger partial charge in [-0.05, 0) is 25.1 Å². The molecule has 122 valence electrons. The highest BCUT2D eigenvalue weighted by atomic mass is 79.9. The fourth-order valence-corrected chi connectivity index (χ4v) is 2.62. The number of amides is 1. The smallest absolute Gasteiger partial charge is 0.305 e. The van der Waals surface area contributed by atoms with Crippen LogP contribution < -0.4 is 10.1 Å². The second-order valence-electron chi connectivity index (χ2n) is 4.98. The van der Waals surface area contributed by atoms with Crippen LogP contribution in [0.4, 0.5) is 0 Å². The van der Waals surface area contributed by atoms with Crippen LogP contribution in [-0.2, 0) is 14.3 Å². The Hall–Kier alpha value is -1.31. The minimum absolute atomic E-state index is 0.0735. The predicted octanol–water partition coefficient (Wildman–Crippen LogP) is 2.48. The van der Waals surface area contributed by atoms with Crippen molar-refractivity contribution in [2.75, 3.05) is 20.3 Å². The molecular formula is C14H17BrClNO5. The van der Waals surface area contributed by atoms with Crippen LogP contribution >= 0.6 is 27.5 Å². The predicted molar refractivity (Wildman–Crippen MR) is 85.3 cm³/mol. The summed E-state index contributed by atoms with van der Waals surface area (Å²) in [5.74, 6) is -1.12. The molecule has 1 atom stereocenters. The molecule has 0 saturated heterocycles. The second kappa shape index (κ2) is 8.36. The first-order valence-corrected chi connectivity index (χ1v) is 7.52. The lowest BCUT2D eigenvalue weighted by molar-refractivity contribution is -0.139. The van der Waals surface area contributed by atoms with Gasteiger partial charge in [0.1, 0.15) is 5.75 Å². The summed E-state index contributed by atoms with van der Waals surface area (Å²) in [6.45, 7) is 1.39. The molecule has 1 aromatic rings. The maximum absolute atomic E-state index is 11.9. The van der Waals surface area contributed by atoms with Crippen LogP contribution in [0.3, 0.4) is 0 Å². The van der Waals surface area contributed by atoms with Gasteiger partial charge >= 0.3 is 5.97 Å². The van der Waals surface area contributed by atoms with Gasteiger partial charge in [0.15, 0.2) is 6.61 Å². The van der Waals surface area contributed by atoms with Crippen LogP contribution in [-0.4, -0.2) is 42.8 Å². The molecule has 22 heavy (non-hydrogen) atoms. The zero-order chi connectivity index (χ0) is 16.8. The van der Waals surface area contributed by atoms with Crippen LogP contribution in [0.15, 0.2) is 22.7 Å². The normalized spacial score (nSPS) is 13.3. The summed E-state index contributed by atoms with van der Waals surface area (Å²) in [5, 5.41) is 11.9. The van der Waals surface area contributed by atoms with E-state index >= 15 is 0 Å². The van der Waals surface area contributed by atoms with Gasteiger partial charge in [0.25, 0.3) is 5.91 Å². The van der Waals surface area contributed by atoms with Crippen LogP contribution in [0.25, 0.3) is 0 Å². The van der Waals surface area contributed by atoms with E-state index in [4.69, 9.17) is 26.2 Å². The number of benzene rings is 1. The average molecular weight is 395 g/mol. The first kappa shape index (κ1) is 18.7. The summed E-state index contributed by atoms with van der Waals surface area (Å²) in [4.78, 5) is 22.8. The highest BCUT2D eigenvalue weighted by Crippen LogP contribution is 2.27. The van der Waals surface area contributed by atoms with Crippen molar-refractivity contribution in [3.05, 3.63) is 27.7 Å². The van der Waals surface area contributed by atoms with Gasteiger partial charge < -0.3 is 19.9 Å². The number of hydrogen-bond donors (Lipinski definition) is 2. The molecule has 1 aromatic carbocycles. The number of rotatable bonds is 8. The van der Waals surface area contributed by atoms with E-state index in [-0.39, 0.29) is 19.6 Å². The lowest BCUT2D eigenvalue weighted by Gasteiger charge is -2.28. The van der Waals surface area contributed by atoms with E-state index < -0.39 is 17.4 Å². The van der Waals surface area contributed by atoms with Crippen molar-refractivity contribution in [3.63, 3.8) is 0 Å². The van der Waals surface area contributed by atoms with Crippen molar-refractivity contribution in [1.82, 2.24) is 5.32 Å². The second-order valence-corrected chi connectivity index (χ2v) is 6.30. The Morgan fingerprint density at radius 1 is 1.45 bits per heavy atom. The Morgan fingerprint density at radius 2 is 2.14 bits per heavy atom. The Balaban J connectivity index is 2.62. The highest BCUT2D eigenvalue weighted by molar-refractivity contribution is 9.10. The molecule has 1 rings (SSSR count). The van der Waals surface area contributed by atoms with E-state index in [1.807, 2.05) is 0 Å². The van der Waals surface area contributed by atoms with Crippen molar-refractivity contribution >= 4 is 39.4 Å². The standard InChI is InChI=1S/C14H17BrClNO5/c1-14(8-21-2,6-13(19)20)17-12(18)7-22-11-4-3-9(15)5-10(11)16/h3-5H,6-8H2,1-2H3,(H,17,18)(H,19,20). The van der Waals surface area contributed by atoms with Gasteiger partial charge in [0, 0.05) is 11.6 Å². The number of aliphatic carboxylic acids is 1. The molecule has 0 aliphatic carbocycles. The summed E-state index contributed by atoms with van der Waals surface area (Å²) in [6, 6.07) is 5.01. The van der Waals surface area contributed by atoms with Crippen LogP contribution in [0.1, 0.15) is 13.3 Å². The summed E-state index contributed by atoms with van der Waals surface area (Å²) in [6.07, 6.45) is -0.258. The Labute approximate surface area is 141 Å². The monoisotopic (exact) mass is 393 g/mol. The van der Waals surface area contributed by atoms with E-state index in [2.05, 4.69) is 21.2 Å². The topological polar surface area (TPSA) is 84.9 Å². The number of methoxy groups -OCH3 is 1. The molecule has 0 aliphatic rings. The first-order valence-electron chi connectivity index (χ1n) is 6.35. The van der Waals surface area contributed by atoms with Gasteiger partial charge in [-0.2, -0.15) is 0 Å². The lowest BCUT2D eigenvalue weighted by atomic mass is 9.99. The third-order valence-electron chi connectivity index (χ3n) is 2.70. The Bertz CT molecular complexity index is 554. The van der Waals surface area contributed by atoms with Gasteiger partial charge in [-0.1, -0.05) is 27.5 Å². The molecule has 8 heteroatoms. The zero-order valence-electron chi connectivity index (χ0n) is 12.2. The molecule has 2 N–H and O–H groups in total. The summed E-state index contributed by atoms with van der Waals surface area (Å²) in [7, 11) is 1.43.